The molecule has 1 unspecified atom stereocenters. The second-order valence-corrected chi connectivity index (χ2v) is 6.63. The van der Waals surface area contributed by atoms with Gasteiger partial charge in [-0.15, -0.1) is 0 Å². The van der Waals surface area contributed by atoms with Crippen molar-refractivity contribution in [2.45, 2.75) is 43.8 Å². The van der Waals surface area contributed by atoms with E-state index in [2.05, 4.69) is 14.9 Å². The number of likely N-dealkylation sites (tertiary alicyclic amines) is 1. The van der Waals surface area contributed by atoms with Gasteiger partial charge >= 0.3 is 0 Å². The maximum absolute atomic E-state index is 6.20. The molecule has 6 nitrogen and oxygen atoms in total. The van der Waals surface area contributed by atoms with Crippen LogP contribution in [0, 0.1) is 0 Å². The molecule has 6 heteroatoms. The van der Waals surface area contributed by atoms with E-state index in [9.17, 15) is 0 Å². The van der Waals surface area contributed by atoms with Crippen LogP contribution in [0.4, 0.5) is 5.95 Å². The fraction of sp³-hybridized carbons (Fsp3) is 0.750. The van der Waals surface area contributed by atoms with Crippen LogP contribution in [0.1, 0.15) is 36.9 Å². The zero-order chi connectivity index (χ0) is 15.0. The molecule has 22 heavy (non-hydrogen) atoms. The number of hydrogen-bond acceptors (Lipinski definition) is 6. The maximum atomic E-state index is 6.20. The van der Waals surface area contributed by atoms with Crippen LogP contribution < -0.4 is 5.73 Å². The average Bonchev–Trinajstić information content (AvgIpc) is 3.04. The summed E-state index contributed by atoms with van der Waals surface area (Å²) in [6, 6.07) is 0. The second kappa shape index (κ2) is 5.76. The lowest BCUT2D eigenvalue weighted by Crippen LogP contribution is -2.48. The van der Waals surface area contributed by atoms with E-state index in [0.717, 1.165) is 57.8 Å². The largest absolute Gasteiger partial charge is 0.377 e. The van der Waals surface area contributed by atoms with Crippen molar-refractivity contribution in [3.63, 3.8) is 0 Å². The normalized spacial score (nSPS) is 27.9. The van der Waals surface area contributed by atoms with Crippen LogP contribution >= 0.6 is 0 Å². The molecule has 2 N–H and O–H groups in total. The summed E-state index contributed by atoms with van der Waals surface area (Å²) in [5, 5.41) is 0. The monoisotopic (exact) mass is 304 g/mol. The van der Waals surface area contributed by atoms with Crippen LogP contribution in [-0.2, 0) is 21.5 Å². The quantitative estimate of drug-likeness (QED) is 0.882. The maximum Gasteiger partial charge on any atom is 0.220 e. The van der Waals surface area contributed by atoms with Crippen molar-refractivity contribution in [3.8, 4) is 0 Å². The van der Waals surface area contributed by atoms with Gasteiger partial charge in [-0.25, -0.2) is 9.97 Å². The van der Waals surface area contributed by atoms with E-state index >= 15 is 0 Å². The van der Waals surface area contributed by atoms with Crippen molar-refractivity contribution >= 4 is 5.95 Å². The van der Waals surface area contributed by atoms with Gasteiger partial charge in [0.05, 0.1) is 18.4 Å². The molecule has 1 aromatic rings. The molecule has 3 aliphatic heterocycles. The molecule has 1 spiro atoms. The number of anilines is 1. The van der Waals surface area contributed by atoms with E-state index in [4.69, 9.17) is 15.2 Å². The first kappa shape index (κ1) is 14.4. The van der Waals surface area contributed by atoms with Gasteiger partial charge in [-0.05, 0) is 37.7 Å². The predicted octanol–water partition coefficient (Wildman–Crippen LogP) is 1.10. The van der Waals surface area contributed by atoms with Gasteiger partial charge < -0.3 is 20.1 Å². The fourth-order valence-electron chi connectivity index (χ4n) is 3.98. The summed E-state index contributed by atoms with van der Waals surface area (Å²) < 4.78 is 12.0. The smallest absolute Gasteiger partial charge is 0.220 e. The van der Waals surface area contributed by atoms with Gasteiger partial charge in [0, 0.05) is 32.4 Å². The van der Waals surface area contributed by atoms with Gasteiger partial charge in [0.1, 0.15) is 5.60 Å². The lowest BCUT2D eigenvalue weighted by Gasteiger charge is -2.44. The molecule has 120 valence electrons. The first-order valence-electron chi connectivity index (χ1n) is 8.35. The molecular formula is C16H24N4O2. The molecule has 1 aromatic heterocycles. The highest BCUT2D eigenvalue weighted by Crippen LogP contribution is 2.40. The molecule has 2 saturated heterocycles. The van der Waals surface area contributed by atoms with Crippen molar-refractivity contribution in [2.24, 2.45) is 0 Å². The van der Waals surface area contributed by atoms with E-state index in [1.165, 1.54) is 18.4 Å². The number of rotatable bonds is 2. The molecule has 0 amide bonds. The highest BCUT2D eigenvalue weighted by Gasteiger charge is 2.42. The number of hydrogen-bond donors (Lipinski definition) is 1. The molecule has 0 bridgehead atoms. The minimum Gasteiger partial charge on any atom is -0.377 e. The predicted molar refractivity (Wildman–Crippen MR) is 82.4 cm³/mol. The zero-order valence-electron chi connectivity index (χ0n) is 13.0. The molecule has 0 radical (unpaired) electrons. The Bertz CT molecular complexity index is 537. The van der Waals surface area contributed by atoms with Crippen molar-refractivity contribution < 1.29 is 9.47 Å². The molecule has 4 rings (SSSR count). The minimum atomic E-state index is -0.252. The van der Waals surface area contributed by atoms with Crippen molar-refractivity contribution in [3.05, 3.63) is 17.5 Å². The Morgan fingerprint density at radius 1 is 1.32 bits per heavy atom. The highest BCUT2D eigenvalue weighted by atomic mass is 16.5. The summed E-state index contributed by atoms with van der Waals surface area (Å²) in [5.74, 6) is 0.352. The van der Waals surface area contributed by atoms with Crippen molar-refractivity contribution in [1.29, 1.82) is 0 Å². The molecule has 4 heterocycles. The van der Waals surface area contributed by atoms with Crippen molar-refractivity contribution in [2.75, 3.05) is 38.6 Å². The van der Waals surface area contributed by atoms with Crippen LogP contribution in [0.25, 0.3) is 0 Å². The second-order valence-electron chi connectivity index (χ2n) is 6.63. The lowest BCUT2D eigenvalue weighted by molar-refractivity contribution is -0.104. The van der Waals surface area contributed by atoms with Gasteiger partial charge in [-0.3, -0.25) is 0 Å². The summed E-state index contributed by atoms with van der Waals surface area (Å²) in [5.41, 5.74) is 7.78. The zero-order valence-corrected chi connectivity index (χ0v) is 13.0. The van der Waals surface area contributed by atoms with Crippen molar-refractivity contribution in [1.82, 2.24) is 14.9 Å². The Morgan fingerprint density at radius 2 is 2.18 bits per heavy atom. The van der Waals surface area contributed by atoms with E-state index in [1.807, 2.05) is 6.20 Å². The summed E-state index contributed by atoms with van der Waals surface area (Å²) in [6.07, 6.45) is 7.54. The number of piperidine rings is 1. The fourth-order valence-corrected chi connectivity index (χ4v) is 3.98. The van der Waals surface area contributed by atoms with Gasteiger partial charge in [0.25, 0.3) is 0 Å². The van der Waals surface area contributed by atoms with Crippen LogP contribution in [0.5, 0.6) is 0 Å². The van der Waals surface area contributed by atoms with Crippen LogP contribution in [0.2, 0.25) is 0 Å². The van der Waals surface area contributed by atoms with E-state index in [-0.39, 0.29) is 5.60 Å². The third-order valence-electron chi connectivity index (χ3n) is 5.21. The Labute approximate surface area is 131 Å². The Kier molecular flexibility index (Phi) is 3.76. The van der Waals surface area contributed by atoms with Gasteiger partial charge in [0.2, 0.25) is 5.95 Å². The highest BCUT2D eigenvalue weighted by molar-refractivity contribution is 5.32. The number of aromatic nitrogens is 2. The lowest BCUT2D eigenvalue weighted by atomic mass is 9.83. The number of nitrogens with zero attached hydrogens (tertiary/aromatic N) is 3. The summed E-state index contributed by atoms with van der Waals surface area (Å²) in [7, 11) is 0. The standard InChI is InChI=1S/C16H24N4O2/c17-15-18-10-12-3-9-22-16(14(12)19-15)4-6-20(7-5-16)11-13-2-1-8-21-13/h10,13H,1-9,11H2,(H2,17,18,19). The number of nitrogens with two attached hydrogens (primary N) is 1. The van der Waals surface area contributed by atoms with E-state index in [0.29, 0.717) is 12.1 Å². The summed E-state index contributed by atoms with van der Waals surface area (Å²) in [4.78, 5) is 11.2. The van der Waals surface area contributed by atoms with Gasteiger partial charge in [-0.2, -0.15) is 0 Å². The Balaban J connectivity index is 1.47. The van der Waals surface area contributed by atoms with Gasteiger partial charge in [-0.1, -0.05) is 0 Å². The Morgan fingerprint density at radius 3 is 2.95 bits per heavy atom. The first-order chi connectivity index (χ1) is 10.8. The van der Waals surface area contributed by atoms with E-state index in [1.54, 1.807) is 0 Å². The third kappa shape index (κ3) is 2.59. The minimum absolute atomic E-state index is 0.252. The number of nitrogen functional groups attached to an aromatic ring is 1. The number of fused-ring (bicyclic) bond motifs is 2. The molecule has 0 saturated carbocycles. The Hall–Kier alpha value is -1.24. The summed E-state index contributed by atoms with van der Waals surface area (Å²) >= 11 is 0. The first-order valence-corrected chi connectivity index (χ1v) is 8.35. The van der Waals surface area contributed by atoms with Crippen LogP contribution in [0.3, 0.4) is 0 Å². The molecular weight excluding hydrogens is 280 g/mol. The molecule has 2 fully saturated rings. The topological polar surface area (TPSA) is 73.5 Å². The van der Waals surface area contributed by atoms with Crippen LogP contribution in [-0.4, -0.2) is 53.8 Å². The molecule has 0 aromatic carbocycles. The SMILES string of the molecule is Nc1ncc2c(n1)C1(CCN(CC3CCCO3)CC1)OCC2. The molecule has 1 atom stereocenters. The van der Waals surface area contributed by atoms with E-state index < -0.39 is 0 Å². The number of ether oxygens (including phenoxy) is 2. The molecule has 0 aliphatic carbocycles. The van der Waals surface area contributed by atoms with Crippen LogP contribution in [0.15, 0.2) is 6.20 Å². The summed E-state index contributed by atoms with van der Waals surface area (Å²) in [6.45, 7) is 4.79. The molecule has 3 aliphatic rings. The third-order valence-corrected chi connectivity index (χ3v) is 5.21. The van der Waals surface area contributed by atoms with Gasteiger partial charge in [0.15, 0.2) is 0 Å². The average molecular weight is 304 g/mol.